The molecule has 0 fully saturated rings. The molecule has 1 atom stereocenters. The van der Waals surface area contributed by atoms with E-state index in [2.05, 4.69) is 13.0 Å². The van der Waals surface area contributed by atoms with Gasteiger partial charge in [0.2, 0.25) is 0 Å². The highest BCUT2D eigenvalue weighted by Crippen LogP contribution is 2.09. The van der Waals surface area contributed by atoms with Crippen molar-refractivity contribution in [3.8, 4) is 0 Å². The van der Waals surface area contributed by atoms with E-state index in [0.717, 1.165) is 11.3 Å². The summed E-state index contributed by atoms with van der Waals surface area (Å²) in [7, 11) is -0.973. The highest BCUT2D eigenvalue weighted by atomic mass is 32.2. The summed E-state index contributed by atoms with van der Waals surface area (Å²) < 4.78 is 11.8. The third kappa shape index (κ3) is 6.42. The van der Waals surface area contributed by atoms with Crippen molar-refractivity contribution < 1.29 is 4.21 Å². The van der Waals surface area contributed by atoms with Gasteiger partial charge >= 0.3 is 0 Å². The molecule has 0 saturated heterocycles. The van der Waals surface area contributed by atoms with E-state index in [9.17, 15) is 4.21 Å². The number of allylic oxidation sites excluding steroid dienone is 1. The Bertz CT molecular complexity index is 343. The first-order valence-electron chi connectivity index (χ1n) is 6.47. The molecule has 0 heterocycles. The molecule has 0 radical (unpaired) electrons. The van der Waals surface area contributed by atoms with Crippen LogP contribution in [0.4, 0.5) is 0 Å². The molecule has 1 aromatic rings. The van der Waals surface area contributed by atoms with Gasteiger partial charge in [-0.2, -0.15) is 0 Å². The maximum absolute atomic E-state index is 11.8. The van der Waals surface area contributed by atoms with Crippen molar-refractivity contribution in [3.63, 3.8) is 0 Å². The lowest BCUT2D eigenvalue weighted by atomic mass is 10.1. The highest BCUT2D eigenvalue weighted by Gasteiger charge is 1.96. The third-order valence-corrected chi connectivity index (χ3v) is 3.85. The minimum absolute atomic E-state index is 0.884. The summed E-state index contributed by atoms with van der Waals surface area (Å²) in [5.74, 6) is 0. The first-order chi connectivity index (χ1) is 8.34. The van der Waals surface area contributed by atoms with Crippen LogP contribution in [-0.2, 0) is 10.8 Å². The summed E-state index contributed by atoms with van der Waals surface area (Å²) in [5, 5.41) is 1.81. The topological polar surface area (TPSA) is 17.1 Å². The van der Waals surface area contributed by atoms with Crippen LogP contribution in [0.1, 0.15) is 45.4 Å². The van der Waals surface area contributed by atoms with Crippen LogP contribution in [0.2, 0.25) is 0 Å². The highest BCUT2D eigenvalue weighted by molar-refractivity contribution is 7.88. The van der Waals surface area contributed by atoms with Crippen molar-refractivity contribution in [2.45, 2.75) is 50.3 Å². The van der Waals surface area contributed by atoms with Gasteiger partial charge in [0.15, 0.2) is 0 Å². The SMILES string of the molecule is CCCCCCCC=CS(=O)c1ccccc1. The van der Waals surface area contributed by atoms with Gasteiger partial charge in [0, 0.05) is 10.3 Å². The van der Waals surface area contributed by atoms with Crippen molar-refractivity contribution in [2.24, 2.45) is 0 Å². The molecular weight excluding hydrogens is 228 g/mol. The maximum atomic E-state index is 11.8. The van der Waals surface area contributed by atoms with E-state index in [0.29, 0.717) is 0 Å². The molecule has 0 bridgehead atoms. The largest absolute Gasteiger partial charge is 0.250 e. The number of unbranched alkanes of at least 4 members (excludes halogenated alkanes) is 5. The predicted molar refractivity (Wildman–Crippen MR) is 75.4 cm³/mol. The standard InChI is InChI=1S/C15H22OS/c1-2-3-4-5-6-7-11-14-17(16)15-12-9-8-10-13-15/h8-14H,2-7H2,1H3. The van der Waals surface area contributed by atoms with E-state index in [1.807, 2.05) is 35.7 Å². The monoisotopic (exact) mass is 250 g/mol. The Balaban J connectivity index is 2.19. The molecule has 0 amide bonds. The minimum Gasteiger partial charge on any atom is -0.250 e. The smallest absolute Gasteiger partial charge is 0.0772 e. The molecule has 0 aromatic heterocycles. The Morgan fingerprint density at radius 3 is 2.47 bits per heavy atom. The molecular formula is C15H22OS. The van der Waals surface area contributed by atoms with Crippen molar-refractivity contribution >= 4 is 10.8 Å². The van der Waals surface area contributed by atoms with Crippen molar-refractivity contribution in [2.75, 3.05) is 0 Å². The fraction of sp³-hybridized carbons (Fsp3) is 0.467. The van der Waals surface area contributed by atoms with Crippen LogP contribution in [0.3, 0.4) is 0 Å². The molecule has 0 aliphatic rings. The van der Waals surface area contributed by atoms with Crippen LogP contribution in [0.15, 0.2) is 46.7 Å². The van der Waals surface area contributed by atoms with E-state index in [1.54, 1.807) is 0 Å². The zero-order valence-electron chi connectivity index (χ0n) is 10.6. The van der Waals surface area contributed by atoms with Crippen molar-refractivity contribution in [1.82, 2.24) is 0 Å². The Labute approximate surface area is 107 Å². The van der Waals surface area contributed by atoms with Gasteiger partial charge in [-0.25, -0.2) is 4.21 Å². The Morgan fingerprint density at radius 2 is 1.76 bits per heavy atom. The Kier molecular flexibility index (Phi) is 7.65. The van der Waals surface area contributed by atoms with Gasteiger partial charge in [0.25, 0.3) is 0 Å². The summed E-state index contributed by atoms with van der Waals surface area (Å²) in [6, 6.07) is 9.60. The fourth-order valence-corrected chi connectivity index (χ4v) is 2.55. The van der Waals surface area contributed by atoms with E-state index < -0.39 is 10.8 Å². The van der Waals surface area contributed by atoms with Gasteiger partial charge in [-0.3, -0.25) is 0 Å². The van der Waals surface area contributed by atoms with Gasteiger partial charge in [-0.15, -0.1) is 0 Å². The predicted octanol–water partition coefficient (Wildman–Crippen LogP) is 4.67. The minimum atomic E-state index is -0.973. The maximum Gasteiger partial charge on any atom is 0.0772 e. The lowest BCUT2D eigenvalue weighted by Crippen LogP contribution is -1.85. The van der Waals surface area contributed by atoms with Crippen LogP contribution in [0.5, 0.6) is 0 Å². The van der Waals surface area contributed by atoms with Gasteiger partial charge in [0.05, 0.1) is 10.8 Å². The average Bonchev–Trinajstić information content (AvgIpc) is 2.38. The molecule has 94 valence electrons. The molecule has 17 heavy (non-hydrogen) atoms. The number of hydrogen-bond acceptors (Lipinski definition) is 1. The Hall–Kier alpha value is -0.890. The second kappa shape index (κ2) is 9.17. The number of rotatable bonds is 8. The van der Waals surface area contributed by atoms with Crippen LogP contribution < -0.4 is 0 Å². The second-order valence-corrected chi connectivity index (χ2v) is 5.52. The van der Waals surface area contributed by atoms with Crippen molar-refractivity contribution in [1.29, 1.82) is 0 Å². The van der Waals surface area contributed by atoms with Gasteiger partial charge < -0.3 is 0 Å². The van der Waals surface area contributed by atoms with E-state index >= 15 is 0 Å². The summed E-state index contributed by atoms with van der Waals surface area (Å²) in [6.07, 6.45) is 9.54. The zero-order chi connectivity index (χ0) is 12.3. The molecule has 1 nitrogen and oxygen atoms in total. The quantitative estimate of drug-likeness (QED) is 0.613. The second-order valence-electron chi connectivity index (χ2n) is 4.19. The van der Waals surface area contributed by atoms with Crippen LogP contribution in [0.25, 0.3) is 0 Å². The normalized spacial score (nSPS) is 13.0. The summed E-state index contributed by atoms with van der Waals surface area (Å²) >= 11 is 0. The van der Waals surface area contributed by atoms with Gasteiger partial charge in [0.1, 0.15) is 0 Å². The number of hydrogen-bond donors (Lipinski definition) is 0. The van der Waals surface area contributed by atoms with E-state index in [-0.39, 0.29) is 0 Å². The molecule has 0 aliphatic heterocycles. The molecule has 0 saturated carbocycles. The molecule has 1 unspecified atom stereocenters. The fourth-order valence-electron chi connectivity index (χ4n) is 1.65. The number of benzene rings is 1. The Morgan fingerprint density at radius 1 is 1.06 bits per heavy atom. The average molecular weight is 250 g/mol. The van der Waals surface area contributed by atoms with E-state index in [4.69, 9.17) is 0 Å². The molecule has 0 aliphatic carbocycles. The van der Waals surface area contributed by atoms with Crippen LogP contribution >= 0.6 is 0 Å². The summed E-state index contributed by atoms with van der Waals surface area (Å²) in [6.45, 7) is 2.23. The molecule has 2 heteroatoms. The molecule has 1 rings (SSSR count). The van der Waals surface area contributed by atoms with Crippen molar-refractivity contribution in [3.05, 3.63) is 41.8 Å². The summed E-state index contributed by atoms with van der Waals surface area (Å²) in [5.41, 5.74) is 0. The van der Waals surface area contributed by atoms with Gasteiger partial charge in [-0.1, -0.05) is 56.9 Å². The van der Waals surface area contributed by atoms with Gasteiger partial charge in [-0.05, 0) is 25.0 Å². The summed E-state index contributed by atoms with van der Waals surface area (Å²) in [4.78, 5) is 0.884. The van der Waals surface area contributed by atoms with Crippen LogP contribution in [0, 0.1) is 0 Å². The lowest BCUT2D eigenvalue weighted by Gasteiger charge is -1.97. The first kappa shape index (κ1) is 14.2. The first-order valence-corrected chi connectivity index (χ1v) is 7.68. The van der Waals surface area contributed by atoms with E-state index in [1.165, 1.54) is 32.1 Å². The molecule has 0 N–H and O–H groups in total. The molecule has 0 spiro atoms. The zero-order valence-corrected chi connectivity index (χ0v) is 11.4. The van der Waals surface area contributed by atoms with Crippen LogP contribution in [-0.4, -0.2) is 4.21 Å². The molecule has 1 aromatic carbocycles. The lowest BCUT2D eigenvalue weighted by molar-refractivity contribution is 0.637. The third-order valence-electron chi connectivity index (χ3n) is 2.67.